The summed E-state index contributed by atoms with van der Waals surface area (Å²) in [6.07, 6.45) is -5.18. The number of phenolic OH excluding ortho intramolecular Hbond substituents is 1. The average molecular weight is 444 g/mol. The lowest BCUT2D eigenvalue weighted by Gasteiger charge is -2.31. The van der Waals surface area contributed by atoms with E-state index in [2.05, 4.69) is 0 Å². The molecule has 1 aliphatic heterocycles. The van der Waals surface area contributed by atoms with Gasteiger partial charge in [0.15, 0.2) is 0 Å². The lowest BCUT2D eigenvalue weighted by atomic mass is 9.86. The Balaban J connectivity index is 1.68. The first-order chi connectivity index (χ1) is 15.1. The highest BCUT2D eigenvalue weighted by Gasteiger charge is 2.33. The summed E-state index contributed by atoms with van der Waals surface area (Å²) in [5.74, 6) is -1.30. The molecule has 3 aromatic carbocycles. The fraction of sp³-hybridized carbons (Fsp3) is 0.208. The SMILES string of the molecule is O=C(O)c1ccc(C(F)(F)F)cc1-c1ccc2c(c1)OCC(Cc1ccccc1O)C2O. The molecule has 0 spiro atoms. The zero-order valence-corrected chi connectivity index (χ0v) is 16.6. The number of aliphatic hydroxyl groups is 1. The molecule has 8 heteroatoms. The Bertz CT molecular complexity index is 1170. The molecule has 3 aromatic rings. The van der Waals surface area contributed by atoms with Crippen molar-refractivity contribution in [3.8, 4) is 22.6 Å². The van der Waals surface area contributed by atoms with E-state index in [1.54, 1.807) is 24.3 Å². The Hall–Kier alpha value is -3.52. The number of aromatic hydroxyl groups is 1. The van der Waals surface area contributed by atoms with Crippen LogP contribution in [0.3, 0.4) is 0 Å². The van der Waals surface area contributed by atoms with Crippen molar-refractivity contribution in [1.82, 2.24) is 0 Å². The maximum atomic E-state index is 13.2. The van der Waals surface area contributed by atoms with Gasteiger partial charge in [-0.1, -0.05) is 30.3 Å². The van der Waals surface area contributed by atoms with Crippen molar-refractivity contribution in [3.05, 3.63) is 82.9 Å². The standard InChI is InChI=1S/C24H19F3O5/c25-24(26,27)16-6-8-17(23(30)31)19(11-16)13-5-7-18-21(10-13)32-12-15(22(18)29)9-14-3-1-2-4-20(14)28/h1-8,10-11,15,22,28-29H,9,12H2,(H,30,31). The number of rotatable bonds is 4. The van der Waals surface area contributed by atoms with Crippen LogP contribution in [0.5, 0.6) is 11.5 Å². The highest BCUT2D eigenvalue weighted by atomic mass is 19.4. The van der Waals surface area contributed by atoms with Crippen molar-refractivity contribution in [3.63, 3.8) is 0 Å². The minimum atomic E-state index is -4.62. The molecule has 0 radical (unpaired) electrons. The summed E-state index contributed by atoms with van der Waals surface area (Å²) in [5.41, 5.74) is 0.0216. The largest absolute Gasteiger partial charge is 0.508 e. The fourth-order valence-electron chi connectivity index (χ4n) is 3.90. The fourth-order valence-corrected chi connectivity index (χ4v) is 3.90. The molecule has 5 nitrogen and oxygen atoms in total. The molecule has 166 valence electrons. The van der Waals surface area contributed by atoms with Crippen LogP contribution in [0.4, 0.5) is 13.2 Å². The summed E-state index contributed by atoms with van der Waals surface area (Å²) in [5, 5.41) is 30.2. The molecule has 3 N–H and O–H groups in total. The number of ether oxygens (including phenoxy) is 1. The first kappa shape index (κ1) is 21.7. The van der Waals surface area contributed by atoms with Gasteiger partial charge in [-0.15, -0.1) is 0 Å². The Morgan fingerprint density at radius 1 is 1.06 bits per heavy atom. The molecular formula is C24H19F3O5. The number of carboxylic acid groups (broad SMARTS) is 1. The average Bonchev–Trinajstić information content (AvgIpc) is 2.75. The third-order valence-electron chi connectivity index (χ3n) is 5.59. The molecule has 0 fully saturated rings. The number of fused-ring (bicyclic) bond motifs is 1. The van der Waals surface area contributed by atoms with Gasteiger partial charge >= 0.3 is 12.1 Å². The Kier molecular flexibility index (Phi) is 5.56. The summed E-state index contributed by atoms with van der Waals surface area (Å²) >= 11 is 0. The Morgan fingerprint density at radius 3 is 2.50 bits per heavy atom. The van der Waals surface area contributed by atoms with Crippen molar-refractivity contribution >= 4 is 5.97 Å². The lowest BCUT2D eigenvalue weighted by Crippen LogP contribution is -2.27. The van der Waals surface area contributed by atoms with Crippen molar-refractivity contribution in [2.75, 3.05) is 6.61 Å². The van der Waals surface area contributed by atoms with Crippen LogP contribution in [0.15, 0.2) is 60.7 Å². The maximum Gasteiger partial charge on any atom is 0.416 e. The first-order valence-corrected chi connectivity index (χ1v) is 9.81. The highest BCUT2D eigenvalue weighted by Crippen LogP contribution is 2.41. The number of carboxylic acids is 1. The number of hydrogen-bond donors (Lipinski definition) is 3. The van der Waals surface area contributed by atoms with Gasteiger partial charge in [0, 0.05) is 11.5 Å². The van der Waals surface area contributed by atoms with Crippen LogP contribution in [-0.2, 0) is 12.6 Å². The van der Waals surface area contributed by atoms with Crippen LogP contribution < -0.4 is 4.74 Å². The molecule has 2 unspecified atom stereocenters. The van der Waals surface area contributed by atoms with E-state index in [0.717, 1.165) is 18.2 Å². The van der Waals surface area contributed by atoms with E-state index in [-0.39, 0.29) is 40.7 Å². The summed E-state index contributed by atoms with van der Waals surface area (Å²) in [6, 6.07) is 13.7. The van der Waals surface area contributed by atoms with Crippen LogP contribution in [-0.4, -0.2) is 27.9 Å². The van der Waals surface area contributed by atoms with Gasteiger partial charge in [0.2, 0.25) is 0 Å². The van der Waals surface area contributed by atoms with E-state index < -0.39 is 23.8 Å². The lowest BCUT2D eigenvalue weighted by molar-refractivity contribution is -0.137. The van der Waals surface area contributed by atoms with E-state index >= 15 is 0 Å². The van der Waals surface area contributed by atoms with Crippen LogP contribution in [0, 0.1) is 5.92 Å². The van der Waals surface area contributed by atoms with Crippen LogP contribution in [0.1, 0.15) is 33.2 Å². The van der Waals surface area contributed by atoms with Gasteiger partial charge in [0.25, 0.3) is 0 Å². The minimum Gasteiger partial charge on any atom is -0.508 e. The second-order valence-corrected chi connectivity index (χ2v) is 7.66. The van der Waals surface area contributed by atoms with Crippen LogP contribution >= 0.6 is 0 Å². The Morgan fingerprint density at radius 2 is 1.81 bits per heavy atom. The van der Waals surface area contributed by atoms with E-state index in [1.165, 1.54) is 18.2 Å². The van der Waals surface area contributed by atoms with E-state index in [4.69, 9.17) is 4.74 Å². The molecule has 0 aromatic heterocycles. The van der Waals surface area contributed by atoms with Crippen molar-refractivity contribution in [2.24, 2.45) is 5.92 Å². The number of alkyl halides is 3. The summed E-state index contributed by atoms with van der Waals surface area (Å²) in [7, 11) is 0. The predicted molar refractivity (Wildman–Crippen MR) is 110 cm³/mol. The third kappa shape index (κ3) is 4.13. The molecule has 0 amide bonds. The maximum absolute atomic E-state index is 13.2. The molecule has 1 aliphatic rings. The molecule has 0 saturated heterocycles. The smallest absolute Gasteiger partial charge is 0.416 e. The third-order valence-corrected chi connectivity index (χ3v) is 5.59. The summed E-state index contributed by atoms with van der Waals surface area (Å²) in [6.45, 7) is 0.125. The van der Waals surface area contributed by atoms with Gasteiger partial charge in [-0.3, -0.25) is 0 Å². The Labute approximate surface area is 181 Å². The number of benzene rings is 3. The summed E-state index contributed by atoms with van der Waals surface area (Å²) in [4.78, 5) is 11.6. The molecule has 1 heterocycles. The number of carbonyl (C=O) groups is 1. The molecule has 0 bridgehead atoms. The number of para-hydroxylation sites is 1. The van der Waals surface area contributed by atoms with Crippen molar-refractivity contribution in [2.45, 2.75) is 18.7 Å². The quantitative estimate of drug-likeness (QED) is 0.524. The number of phenols is 1. The van der Waals surface area contributed by atoms with Gasteiger partial charge in [0.05, 0.1) is 23.8 Å². The van der Waals surface area contributed by atoms with E-state index in [9.17, 15) is 33.3 Å². The zero-order chi connectivity index (χ0) is 23.0. The monoisotopic (exact) mass is 444 g/mol. The van der Waals surface area contributed by atoms with Gasteiger partial charge < -0.3 is 20.1 Å². The topological polar surface area (TPSA) is 87.0 Å². The number of aromatic carboxylic acids is 1. The van der Waals surface area contributed by atoms with Crippen molar-refractivity contribution < 1.29 is 38.0 Å². The molecule has 4 rings (SSSR count). The second kappa shape index (κ2) is 8.20. The molecular weight excluding hydrogens is 425 g/mol. The number of halogens is 3. The van der Waals surface area contributed by atoms with Gasteiger partial charge in [0.1, 0.15) is 11.5 Å². The van der Waals surface area contributed by atoms with Crippen LogP contribution in [0.2, 0.25) is 0 Å². The normalized spacial score (nSPS) is 18.0. The predicted octanol–water partition coefficient (Wildman–Crippen LogP) is 5.06. The molecule has 0 aliphatic carbocycles. The van der Waals surface area contributed by atoms with E-state index in [1.807, 2.05) is 0 Å². The summed E-state index contributed by atoms with van der Waals surface area (Å²) < 4.78 is 45.3. The van der Waals surface area contributed by atoms with Gasteiger partial charge in [-0.25, -0.2) is 4.79 Å². The van der Waals surface area contributed by atoms with Crippen LogP contribution in [0.25, 0.3) is 11.1 Å². The zero-order valence-electron chi connectivity index (χ0n) is 16.6. The highest BCUT2D eigenvalue weighted by molar-refractivity contribution is 5.96. The van der Waals surface area contributed by atoms with E-state index in [0.29, 0.717) is 17.5 Å². The molecule has 2 atom stereocenters. The second-order valence-electron chi connectivity index (χ2n) is 7.66. The molecule has 0 saturated carbocycles. The minimum absolute atomic E-state index is 0.0930. The first-order valence-electron chi connectivity index (χ1n) is 9.81. The molecule has 32 heavy (non-hydrogen) atoms. The van der Waals surface area contributed by atoms with Gasteiger partial charge in [-0.2, -0.15) is 13.2 Å². The van der Waals surface area contributed by atoms with Crippen molar-refractivity contribution in [1.29, 1.82) is 0 Å². The number of hydrogen-bond acceptors (Lipinski definition) is 4. The van der Waals surface area contributed by atoms with Gasteiger partial charge in [-0.05, 0) is 53.4 Å². The number of aliphatic hydroxyl groups excluding tert-OH is 1.